The number of hydrogen-bond donors (Lipinski definition) is 1. The Morgan fingerprint density at radius 2 is 2.00 bits per heavy atom. The van der Waals surface area contributed by atoms with Crippen LogP contribution >= 0.6 is 11.6 Å². The van der Waals surface area contributed by atoms with Crippen LogP contribution in [0.2, 0.25) is 5.02 Å². The number of likely N-dealkylation sites (N-methyl/N-ethyl adjacent to an activating group) is 1. The molecule has 168 valence electrons. The second kappa shape index (κ2) is 8.94. The van der Waals surface area contributed by atoms with Crippen molar-refractivity contribution in [3.8, 4) is 22.8 Å². The molecule has 0 amide bonds. The maximum absolute atomic E-state index is 13.2. The molecule has 2 atom stereocenters. The quantitative estimate of drug-likeness (QED) is 0.470. The lowest BCUT2D eigenvalue weighted by molar-refractivity contribution is -0.132. The first-order chi connectivity index (χ1) is 15.3. The Hall–Kier alpha value is -2.87. The van der Waals surface area contributed by atoms with E-state index in [1.165, 1.54) is 26.2 Å². The van der Waals surface area contributed by atoms with Gasteiger partial charge in [0.15, 0.2) is 5.43 Å². The predicted molar refractivity (Wildman–Crippen MR) is 122 cm³/mol. The highest BCUT2D eigenvalue weighted by molar-refractivity contribution is 6.33. The lowest BCUT2D eigenvalue weighted by Crippen LogP contribution is -2.40. The van der Waals surface area contributed by atoms with Gasteiger partial charge in [-0.1, -0.05) is 23.7 Å². The molecular formula is C24H24ClNO6. The van der Waals surface area contributed by atoms with Crippen LogP contribution in [0.15, 0.2) is 45.6 Å². The van der Waals surface area contributed by atoms with Crippen LogP contribution in [0.5, 0.6) is 11.5 Å². The van der Waals surface area contributed by atoms with Gasteiger partial charge < -0.3 is 23.9 Å². The van der Waals surface area contributed by atoms with Crippen molar-refractivity contribution < 1.29 is 23.8 Å². The van der Waals surface area contributed by atoms with Crippen molar-refractivity contribution in [2.24, 2.45) is 0 Å². The van der Waals surface area contributed by atoms with E-state index in [9.17, 15) is 14.7 Å². The number of aliphatic hydroxyl groups is 1. The number of carbonyl (C=O) groups excluding carboxylic acids is 1. The highest BCUT2D eigenvalue weighted by Crippen LogP contribution is 2.44. The van der Waals surface area contributed by atoms with Gasteiger partial charge in [0.2, 0.25) is 0 Å². The largest absolute Gasteiger partial charge is 0.496 e. The summed E-state index contributed by atoms with van der Waals surface area (Å²) < 4.78 is 17.2. The molecule has 7 nitrogen and oxygen atoms in total. The monoisotopic (exact) mass is 457 g/mol. The van der Waals surface area contributed by atoms with Crippen LogP contribution in [0.1, 0.15) is 24.8 Å². The van der Waals surface area contributed by atoms with Gasteiger partial charge in [0.25, 0.3) is 0 Å². The van der Waals surface area contributed by atoms with Gasteiger partial charge in [-0.05, 0) is 32.1 Å². The number of rotatable bonds is 4. The third-order valence-corrected chi connectivity index (χ3v) is 6.06. The zero-order valence-corrected chi connectivity index (χ0v) is 18.8. The molecule has 1 aliphatic heterocycles. The number of benzene rings is 2. The molecule has 32 heavy (non-hydrogen) atoms. The van der Waals surface area contributed by atoms with Crippen LogP contribution in [0.3, 0.4) is 0 Å². The molecule has 8 heteroatoms. The zero-order valence-electron chi connectivity index (χ0n) is 18.1. The number of halogens is 1. The van der Waals surface area contributed by atoms with E-state index < -0.39 is 18.0 Å². The van der Waals surface area contributed by atoms with E-state index in [1.807, 2.05) is 11.9 Å². The fourth-order valence-corrected chi connectivity index (χ4v) is 4.50. The van der Waals surface area contributed by atoms with Gasteiger partial charge in [0.1, 0.15) is 28.2 Å². The SMILES string of the molecule is COc1cc(OC(C)=O)c([C@H]2CCN(C)C[C@H]2O)c2oc(-c3ccccc3Cl)cc(=O)c12. The molecule has 2 heterocycles. The minimum atomic E-state index is -0.742. The number of likely N-dealkylation sites (tertiary alicyclic amines) is 1. The zero-order chi connectivity index (χ0) is 23.0. The molecule has 0 aliphatic carbocycles. The Balaban J connectivity index is 2.06. The highest BCUT2D eigenvalue weighted by atomic mass is 35.5. The number of carbonyl (C=O) groups is 1. The number of esters is 1. The molecule has 0 saturated carbocycles. The molecule has 2 aromatic carbocycles. The van der Waals surface area contributed by atoms with Gasteiger partial charge in [-0.25, -0.2) is 0 Å². The maximum Gasteiger partial charge on any atom is 0.308 e. The number of β-amino-alcohol motifs (C(OH)–C–C–N with tert-alkyl or cyclic N) is 1. The number of nitrogens with zero attached hydrogens (tertiary/aromatic N) is 1. The van der Waals surface area contributed by atoms with Crippen molar-refractivity contribution in [1.29, 1.82) is 0 Å². The second-order valence-corrected chi connectivity index (χ2v) is 8.38. The fourth-order valence-electron chi connectivity index (χ4n) is 4.27. The molecule has 1 aromatic heterocycles. The van der Waals surface area contributed by atoms with Crippen molar-refractivity contribution in [1.82, 2.24) is 4.90 Å². The van der Waals surface area contributed by atoms with Crippen molar-refractivity contribution >= 4 is 28.5 Å². The van der Waals surface area contributed by atoms with Crippen LogP contribution in [0, 0.1) is 0 Å². The average molecular weight is 458 g/mol. The molecule has 0 spiro atoms. The number of fused-ring (bicyclic) bond motifs is 1. The van der Waals surface area contributed by atoms with Crippen LogP contribution in [0.4, 0.5) is 0 Å². The summed E-state index contributed by atoms with van der Waals surface area (Å²) in [5.41, 5.74) is 0.926. The molecule has 1 aliphatic rings. The van der Waals surface area contributed by atoms with E-state index in [-0.39, 0.29) is 33.7 Å². The summed E-state index contributed by atoms with van der Waals surface area (Å²) in [6.45, 7) is 2.46. The Labute approximate surface area is 190 Å². The number of piperidine rings is 1. The van der Waals surface area contributed by atoms with Crippen molar-refractivity contribution in [3.05, 3.63) is 57.2 Å². The Morgan fingerprint density at radius 3 is 2.66 bits per heavy atom. The van der Waals surface area contributed by atoms with E-state index in [4.69, 9.17) is 25.5 Å². The molecule has 1 fully saturated rings. The molecule has 0 radical (unpaired) electrons. The van der Waals surface area contributed by atoms with Crippen LogP contribution in [-0.2, 0) is 4.79 Å². The average Bonchev–Trinajstić information content (AvgIpc) is 2.73. The minimum Gasteiger partial charge on any atom is -0.496 e. The molecular weight excluding hydrogens is 434 g/mol. The van der Waals surface area contributed by atoms with Crippen molar-refractivity contribution in [2.45, 2.75) is 25.4 Å². The van der Waals surface area contributed by atoms with Crippen LogP contribution in [-0.4, -0.2) is 49.3 Å². The lowest BCUT2D eigenvalue weighted by atomic mass is 9.85. The summed E-state index contributed by atoms with van der Waals surface area (Å²) in [5.74, 6) is -0.228. The summed E-state index contributed by atoms with van der Waals surface area (Å²) >= 11 is 6.35. The standard InChI is InChI=1S/C24H24ClNO6/c1-13(27)31-21-11-20(30-3)23-17(28)10-19(14-6-4-5-7-16(14)25)32-24(23)22(21)15-8-9-26(2)12-18(15)29/h4-7,10-11,15,18,29H,8-9,12H2,1-3H3/t15-,18+/m0/s1. The third kappa shape index (κ3) is 4.11. The van der Waals surface area contributed by atoms with Gasteiger partial charge in [0.05, 0.1) is 18.2 Å². The van der Waals surface area contributed by atoms with Gasteiger partial charge >= 0.3 is 5.97 Å². The van der Waals surface area contributed by atoms with E-state index in [0.29, 0.717) is 29.1 Å². The predicted octanol–water partition coefficient (Wildman–Crippen LogP) is 3.83. The minimum absolute atomic E-state index is 0.204. The van der Waals surface area contributed by atoms with E-state index >= 15 is 0 Å². The summed E-state index contributed by atoms with van der Waals surface area (Å²) in [4.78, 5) is 27.1. The van der Waals surface area contributed by atoms with Crippen LogP contribution < -0.4 is 14.9 Å². The first-order valence-electron chi connectivity index (χ1n) is 10.3. The Morgan fingerprint density at radius 1 is 1.25 bits per heavy atom. The van der Waals surface area contributed by atoms with Crippen molar-refractivity contribution in [2.75, 3.05) is 27.2 Å². The molecule has 4 rings (SSSR count). The Kier molecular flexibility index (Phi) is 6.24. The molecule has 0 bridgehead atoms. The third-order valence-electron chi connectivity index (χ3n) is 5.74. The number of ether oxygens (including phenoxy) is 2. The molecule has 1 saturated heterocycles. The first-order valence-corrected chi connectivity index (χ1v) is 10.7. The Bertz CT molecular complexity index is 1240. The van der Waals surface area contributed by atoms with Crippen LogP contribution in [0.25, 0.3) is 22.3 Å². The van der Waals surface area contributed by atoms with E-state index in [1.54, 1.807) is 24.3 Å². The highest BCUT2D eigenvalue weighted by Gasteiger charge is 2.34. The van der Waals surface area contributed by atoms with Gasteiger partial charge in [-0.2, -0.15) is 0 Å². The summed E-state index contributed by atoms with van der Waals surface area (Å²) in [6.07, 6.45) is -0.151. The maximum atomic E-state index is 13.2. The van der Waals surface area contributed by atoms with Gasteiger partial charge in [0, 0.05) is 42.6 Å². The summed E-state index contributed by atoms with van der Waals surface area (Å²) in [5, 5.41) is 11.5. The smallest absolute Gasteiger partial charge is 0.308 e. The van der Waals surface area contributed by atoms with Crippen molar-refractivity contribution in [3.63, 3.8) is 0 Å². The normalized spacial score (nSPS) is 19.2. The van der Waals surface area contributed by atoms with Gasteiger partial charge in [-0.15, -0.1) is 0 Å². The topological polar surface area (TPSA) is 89.2 Å². The first kappa shape index (κ1) is 22.3. The van der Waals surface area contributed by atoms with Gasteiger partial charge in [-0.3, -0.25) is 9.59 Å². The molecule has 3 aromatic rings. The number of methoxy groups -OCH3 is 1. The summed E-state index contributed by atoms with van der Waals surface area (Å²) in [7, 11) is 3.35. The fraction of sp³-hybridized carbons (Fsp3) is 0.333. The lowest BCUT2D eigenvalue weighted by Gasteiger charge is -2.34. The number of hydrogen-bond acceptors (Lipinski definition) is 7. The molecule has 1 N–H and O–H groups in total. The van der Waals surface area contributed by atoms with E-state index in [2.05, 4.69) is 0 Å². The number of aliphatic hydroxyl groups excluding tert-OH is 1. The van der Waals surface area contributed by atoms with E-state index in [0.717, 1.165) is 6.54 Å². The second-order valence-electron chi connectivity index (χ2n) is 7.97. The summed E-state index contributed by atoms with van der Waals surface area (Å²) in [6, 6.07) is 9.92. The molecule has 0 unspecified atom stereocenters.